The second kappa shape index (κ2) is 13.5. The van der Waals surface area contributed by atoms with E-state index < -0.39 is 0 Å². The number of halogens is 1. The first kappa shape index (κ1) is 27.1. The van der Waals surface area contributed by atoms with Gasteiger partial charge in [0.1, 0.15) is 16.7 Å². The summed E-state index contributed by atoms with van der Waals surface area (Å²) in [5.41, 5.74) is 2.91. The first-order valence-corrected chi connectivity index (χ1v) is 14.1. The molecule has 1 saturated heterocycles. The van der Waals surface area contributed by atoms with Crippen molar-refractivity contribution >= 4 is 40.8 Å². The number of rotatable bonds is 11. The third-order valence-electron chi connectivity index (χ3n) is 6.33. The molecule has 2 heterocycles. The number of methoxy groups -OCH3 is 1. The summed E-state index contributed by atoms with van der Waals surface area (Å²) in [5, 5.41) is 4.07. The van der Waals surface area contributed by atoms with E-state index in [1.165, 1.54) is 17.4 Å². The van der Waals surface area contributed by atoms with Crippen molar-refractivity contribution in [3.63, 3.8) is 0 Å². The number of carbonyl (C=O) groups is 1. The molecule has 2 aromatic carbocycles. The van der Waals surface area contributed by atoms with Crippen LogP contribution in [0.4, 0.5) is 11.5 Å². The molecule has 0 saturated carbocycles. The second-order valence-electron chi connectivity index (χ2n) is 8.96. The maximum atomic E-state index is 12.5. The molecule has 0 bridgehead atoms. The van der Waals surface area contributed by atoms with Gasteiger partial charge in [0.2, 0.25) is 0 Å². The minimum Gasteiger partial charge on any atom is -0.497 e. The molecule has 0 aliphatic carbocycles. The van der Waals surface area contributed by atoms with Crippen LogP contribution >= 0.6 is 23.4 Å². The summed E-state index contributed by atoms with van der Waals surface area (Å²) in [6.07, 6.45) is 3.26. The SMILES string of the molecule is CCCCCNC(=O)c1cccc(CSc2nc(Cl)cc(N3CCN(c4ccc(OC)cc4)CC3)n2)c1. The Hall–Kier alpha value is -2.97. The summed E-state index contributed by atoms with van der Waals surface area (Å²) >= 11 is 7.90. The Kier molecular flexibility index (Phi) is 9.91. The molecule has 0 radical (unpaired) electrons. The number of benzene rings is 2. The number of carbonyl (C=O) groups excluding carboxylic acids is 1. The van der Waals surface area contributed by atoms with Crippen LogP contribution in [0.1, 0.15) is 42.1 Å². The van der Waals surface area contributed by atoms with E-state index in [4.69, 9.17) is 21.3 Å². The van der Waals surface area contributed by atoms with E-state index in [9.17, 15) is 4.79 Å². The first-order valence-electron chi connectivity index (χ1n) is 12.7. The highest BCUT2D eigenvalue weighted by atomic mass is 35.5. The number of nitrogens with zero attached hydrogens (tertiary/aromatic N) is 4. The van der Waals surface area contributed by atoms with Crippen LogP contribution in [0.5, 0.6) is 5.75 Å². The van der Waals surface area contributed by atoms with Gasteiger partial charge in [0, 0.05) is 55.8 Å². The number of unbranched alkanes of at least 4 members (excludes halogenated alkanes) is 2. The molecule has 196 valence electrons. The highest BCUT2D eigenvalue weighted by Gasteiger charge is 2.20. The Morgan fingerprint density at radius 2 is 1.78 bits per heavy atom. The minimum absolute atomic E-state index is 0.0296. The third kappa shape index (κ3) is 7.76. The number of nitrogens with one attached hydrogen (secondary N) is 1. The molecule has 4 rings (SSSR count). The Morgan fingerprint density at radius 1 is 1.03 bits per heavy atom. The van der Waals surface area contributed by atoms with Gasteiger partial charge in [0.15, 0.2) is 5.16 Å². The van der Waals surface area contributed by atoms with E-state index in [0.29, 0.717) is 28.2 Å². The Labute approximate surface area is 228 Å². The number of piperazine rings is 1. The van der Waals surface area contributed by atoms with E-state index in [1.54, 1.807) is 7.11 Å². The third-order valence-corrected chi connectivity index (χ3v) is 7.44. The van der Waals surface area contributed by atoms with Crippen molar-refractivity contribution in [2.45, 2.75) is 37.1 Å². The van der Waals surface area contributed by atoms with Crippen LogP contribution in [-0.2, 0) is 5.75 Å². The van der Waals surface area contributed by atoms with E-state index in [2.05, 4.69) is 39.2 Å². The van der Waals surface area contributed by atoms with Crippen molar-refractivity contribution in [3.05, 3.63) is 70.9 Å². The lowest BCUT2D eigenvalue weighted by atomic mass is 10.1. The maximum Gasteiger partial charge on any atom is 0.251 e. The standard InChI is InChI=1S/C28H34ClN5O2S/c1-3-4-5-13-30-27(35)22-8-6-7-21(18-22)20-37-28-31-25(29)19-26(32-28)34-16-14-33(15-17-34)23-9-11-24(36-2)12-10-23/h6-12,18-19H,3-5,13-17,20H2,1-2H3,(H,30,35). The molecule has 3 aromatic rings. The molecule has 1 aliphatic rings. The van der Waals surface area contributed by atoms with Gasteiger partial charge in [-0.15, -0.1) is 0 Å². The van der Waals surface area contributed by atoms with E-state index in [1.807, 2.05) is 42.5 Å². The molecule has 7 nitrogen and oxygen atoms in total. The number of hydrogen-bond acceptors (Lipinski definition) is 7. The van der Waals surface area contributed by atoms with Crippen molar-refractivity contribution in [2.75, 3.05) is 49.6 Å². The molecule has 0 unspecified atom stereocenters. The molecule has 1 N–H and O–H groups in total. The summed E-state index contributed by atoms with van der Waals surface area (Å²) in [6.45, 7) is 6.34. The van der Waals surface area contributed by atoms with Gasteiger partial charge in [0.25, 0.3) is 5.91 Å². The van der Waals surface area contributed by atoms with Gasteiger partial charge in [-0.3, -0.25) is 4.79 Å². The zero-order valence-corrected chi connectivity index (χ0v) is 23.0. The number of ether oxygens (including phenoxy) is 1. The first-order chi connectivity index (χ1) is 18.1. The smallest absolute Gasteiger partial charge is 0.251 e. The van der Waals surface area contributed by atoms with Crippen molar-refractivity contribution in [1.29, 1.82) is 0 Å². The normalized spacial score (nSPS) is 13.5. The fourth-order valence-corrected chi connectivity index (χ4v) is 5.25. The van der Waals surface area contributed by atoms with Crippen molar-refractivity contribution in [2.24, 2.45) is 0 Å². The summed E-state index contributed by atoms with van der Waals surface area (Å²) < 4.78 is 5.27. The average Bonchev–Trinajstić information content (AvgIpc) is 2.94. The summed E-state index contributed by atoms with van der Waals surface area (Å²) in [5.74, 6) is 2.33. The van der Waals surface area contributed by atoms with Crippen LogP contribution in [0.25, 0.3) is 0 Å². The predicted octanol–water partition coefficient (Wildman–Crippen LogP) is 5.68. The lowest BCUT2D eigenvalue weighted by Crippen LogP contribution is -2.46. The van der Waals surface area contributed by atoms with Gasteiger partial charge in [-0.05, 0) is 48.4 Å². The fourth-order valence-electron chi connectivity index (χ4n) is 4.23. The van der Waals surface area contributed by atoms with Crippen molar-refractivity contribution in [3.8, 4) is 5.75 Å². The second-order valence-corrected chi connectivity index (χ2v) is 10.3. The Morgan fingerprint density at radius 3 is 2.51 bits per heavy atom. The number of amides is 1. The van der Waals surface area contributed by atoms with Crippen molar-refractivity contribution in [1.82, 2.24) is 15.3 Å². The lowest BCUT2D eigenvalue weighted by Gasteiger charge is -2.36. The van der Waals surface area contributed by atoms with E-state index >= 15 is 0 Å². The number of anilines is 2. The molecular weight excluding hydrogens is 506 g/mol. The molecular formula is C28H34ClN5O2S. The van der Waals surface area contributed by atoms with Crippen molar-refractivity contribution < 1.29 is 9.53 Å². The highest BCUT2D eigenvalue weighted by Crippen LogP contribution is 2.27. The predicted molar refractivity (Wildman–Crippen MR) is 152 cm³/mol. The molecule has 1 amide bonds. The molecule has 37 heavy (non-hydrogen) atoms. The molecule has 1 fully saturated rings. The highest BCUT2D eigenvalue weighted by molar-refractivity contribution is 7.98. The zero-order valence-electron chi connectivity index (χ0n) is 21.5. The topological polar surface area (TPSA) is 70.6 Å². The van der Waals surface area contributed by atoms with E-state index in [0.717, 1.165) is 62.6 Å². The van der Waals surface area contributed by atoms with Crippen LogP contribution in [0.3, 0.4) is 0 Å². The lowest BCUT2D eigenvalue weighted by molar-refractivity contribution is 0.0953. The zero-order chi connectivity index (χ0) is 26.0. The number of aromatic nitrogens is 2. The van der Waals surface area contributed by atoms with E-state index in [-0.39, 0.29) is 5.91 Å². The quantitative estimate of drug-likeness (QED) is 0.145. The number of hydrogen-bond donors (Lipinski definition) is 1. The van der Waals surface area contributed by atoms with Crippen LogP contribution in [0.2, 0.25) is 5.15 Å². The Bertz CT molecular complexity index is 1170. The monoisotopic (exact) mass is 539 g/mol. The van der Waals surface area contributed by atoms with Crippen LogP contribution in [0.15, 0.2) is 59.8 Å². The van der Waals surface area contributed by atoms with Gasteiger partial charge in [-0.25, -0.2) is 9.97 Å². The fraction of sp³-hybridized carbons (Fsp3) is 0.393. The molecule has 9 heteroatoms. The van der Waals surface area contributed by atoms with Gasteiger partial charge in [0.05, 0.1) is 7.11 Å². The summed E-state index contributed by atoms with van der Waals surface area (Å²) in [6, 6.07) is 17.7. The largest absolute Gasteiger partial charge is 0.497 e. The minimum atomic E-state index is -0.0296. The van der Waals surface area contributed by atoms with Crippen LogP contribution < -0.4 is 19.9 Å². The molecule has 1 aromatic heterocycles. The van der Waals surface area contributed by atoms with Gasteiger partial charge >= 0.3 is 0 Å². The Balaban J connectivity index is 1.33. The van der Waals surface area contributed by atoms with Gasteiger partial charge < -0.3 is 19.9 Å². The van der Waals surface area contributed by atoms with Crippen LogP contribution in [-0.4, -0.2) is 55.7 Å². The van der Waals surface area contributed by atoms with Gasteiger partial charge in [-0.1, -0.05) is 55.3 Å². The molecule has 0 spiro atoms. The molecule has 1 aliphatic heterocycles. The maximum absolute atomic E-state index is 12.5. The average molecular weight is 540 g/mol. The van der Waals surface area contributed by atoms with Crippen LogP contribution in [0, 0.1) is 0 Å². The summed E-state index contributed by atoms with van der Waals surface area (Å²) in [7, 11) is 1.68. The molecule has 0 atom stereocenters. The summed E-state index contributed by atoms with van der Waals surface area (Å²) in [4.78, 5) is 26.3. The van der Waals surface area contributed by atoms with Gasteiger partial charge in [-0.2, -0.15) is 0 Å². The number of thioether (sulfide) groups is 1.